The van der Waals surface area contributed by atoms with E-state index in [1.165, 1.54) is 31.9 Å². The van der Waals surface area contributed by atoms with Gasteiger partial charge in [-0.05, 0) is 35.9 Å². The number of rotatable bonds is 11. The summed E-state index contributed by atoms with van der Waals surface area (Å²) in [4.78, 5) is 24.3. The highest BCUT2D eigenvalue weighted by molar-refractivity contribution is 7.92. The lowest BCUT2D eigenvalue weighted by Crippen LogP contribution is -2.51. The van der Waals surface area contributed by atoms with Gasteiger partial charge in [-0.3, -0.25) is 14.4 Å². The quantitative estimate of drug-likeness (QED) is 0.180. The van der Waals surface area contributed by atoms with Gasteiger partial charge in [0.1, 0.15) is 11.5 Å². The van der Waals surface area contributed by atoms with Gasteiger partial charge in [0.25, 0.3) is 10.0 Å². The standard InChI is InChI=1S/C33H32N6O5S/c1-43-26-15-25(16-27(18-26)44-2)34-31-32(37-30-14-7-6-13-29(30)36-31)38-45(41,42)28-12-8-11-24(17-28)35-33(40)23-20-39(21-23)19-22-9-4-3-5-10-22/h3-18,23H,19-21H2,1-2H3,(H,34,36)(H,35,40)(H,37,38). The predicted molar refractivity (Wildman–Crippen MR) is 173 cm³/mol. The van der Waals surface area contributed by atoms with Gasteiger partial charge < -0.3 is 20.1 Å². The Hall–Kier alpha value is -5.20. The fourth-order valence-corrected chi connectivity index (χ4v) is 6.11. The predicted octanol–water partition coefficient (Wildman–Crippen LogP) is 5.26. The van der Waals surface area contributed by atoms with E-state index in [1.807, 2.05) is 24.3 Å². The molecule has 0 saturated carbocycles. The molecule has 1 aromatic heterocycles. The van der Waals surface area contributed by atoms with Crippen molar-refractivity contribution in [3.05, 3.63) is 103 Å². The summed E-state index contributed by atoms with van der Waals surface area (Å²) in [5.41, 5.74) is 3.21. The molecule has 2 heterocycles. The Balaban J connectivity index is 1.19. The number of aromatic nitrogens is 2. The summed E-state index contributed by atoms with van der Waals surface area (Å²) in [5, 5.41) is 6.02. The highest BCUT2D eigenvalue weighted by atomic mass is 32.2. The Labute approximate surface area is 261 Å². The third-order valence-corrected chi connectivity index (χ3v) is 8.74. The summed E-state index contributed by atoms with van der Waals surface area (Å²) in [6.45, 7) is 2.05. The number of likely N-dealkylation sites (tertiary alicyclic amines) is 1. The van der Waals surface area contributed by atoms with E-state index in [2.05, 4.69) is 42.4 Å². The van der Waals surface area contributed by atoms with Crippen molar-refractivity contribution in [1.82, 2.24) is 14.9 Å². The Morgan fingerprint density at radius 1 is 0.800 bits per heavy atom. The van der Waals surface area contributed by atoms with Crippen molar-refractivity contribution in [3.63, 3.8) is 0 Å². The zero-order valence-corrected chi connectivity index (χ0v) is 25.5. The number of para-hydroxylation sites is 2. The average molecular weight is 625 g/mol. The monoisotopic (exact) mass is 624 g/mol. The minimum atomic E-state index is -4.14. The summed E-state index contributed by atoms with van der Waals surface area (Å²) in [6, 6.07) is 28.6. The van der Waals surface area contributed by atoms with Gasteiger partial charge in [-0.15, -0.1) is 0 Å². The molecule has 45 heavy (non-hydrogen) atoms. The van der Waals surface area contributed by atoms with Gasteiger partial charge >= 0.3 is 0 Å². The van der Waals surface area contributed by atoms with Crippen molar-refractivity contribution in [2.45, 2.75) is 11.4 Å². The average Bonchev–Trinajstić information content (AvgIpc) is 3.03. The van der Waals surface area contributed by atoms with Gasteiger partial charge in [0.15, 0.2) is 11.6 Å². The summed E-state index contributed by atoms with van der Waals surface area (Å²) >= 11 is 0. The third kappa shape index (κ3) is 6.97. The Morgan fingerprint density at radius 2 is 1.44 bits per heavy atom. The van der Waals surface area contributed by atoms with E-state index in [0.717, 1.165) is 6.54 Å². The first-order valence-corrected chi connectivity index (χ1v) is 15.7. The van der Waals surface area contributed by atoms with Crippen LogP contribution in [-0.2, 0) is 21.4 Å². The fraction of sp³-hybridized carbons (Fsp3) is 0.182. The summed E-state index contributed by atoms with van der Waals surface area (Å²) in [7, 11) is -1.06. The van der Waals surface area contributed by atoms with Crippen LogP contribution in [0.4, 0.5) is 23.0 Å². The fourth-order valence-electron chi connectivity index (χ4n) is 5.05. The van der Waals surface area contributed by atoms with Crippen LogP contribution in [0.25, 0.3) is 11.0 Å². The molecule has 3 N–H and O–H groups in total. The second-order valence-corrected chi connectivity index (χ2v) is 12.3. The molecule has 0 atom stereocenters. The van der Waals surface area contributed by atoms with Gasteiger partial charge in [0.2, 0.25) is 5.91 Å². The molecule has 0 radical (unpaired) electrons. The van der Waals surface area contributed by atoms with Gasteiger partial charge in [-0.25, -0.2) is 18.4 Å². The van der Waals surface area contributed by atoms with Gasteiger partial charge in [0, 0.05) is 49.2 Å². The number of nitrogens with one attached hydrogen (secondary N) is 3. The van der Waals surface area contributed by atoms with E-state index in [-0.39, 0.29) is 28.4 Å². The van der Waals surface area contributed by atoms with E-state index in [1.54, 1.807) is 48.5 Å². The van der Waals surface area contributed by atoms with Crippen LogP contribution in [0.2, 0.25) is 0 Å². The molecule has 0 spiro atoms. The largest absolute Gasteiger partial charge is 0.497 e. The van der Waals surface area contributed by atoms with Gasteiger partial charge in [0.05, 0.1) is 36.1 Å². The second kappa shape index (κ2) is 12.8. The number of amides is 1. The molecule has 1 fully saturated rings. The minimum Gasteiger partial charge on any atom is -0.497 e. The van der Waals surface area contributed by atoms with Crippen LogP contribution in [0.1, 0.15) is 5.56 Å². The van der Waals surface area contributed by atoms with Crippen LogP contribution < -0.4 is 24.8 Å². The van der Waals surface area contributed by atoms with Crippen molar-refractivity contribution in [2.75, 3.05) is 42.7 Å². The van der Waals surface area contributed by atoms with Crippen molar-refractivity contribution in [2.24, 2.45) is 5.92 Å². The number of carbonyl (C=O) groups is 1. The maximum Gasteiger partial charge on any atom is 0.263 e. The van der Waals surface area contributed by atoms with Crippen LogP contribution in [0.5, 0.6) is 11.5 Å². The molecule has 11 nitrogen and oxygen atoms in total. The van der Waals surface area contributed by atoms with Crippen LogP contribution in [-0.4, -0.2) is 56.5 Å². The second-order valence-electron chi connectivity index (χ2n) is 10.6. The Morgan fingerprint density at radius 3 is 2.11 bits per heavy atom. The Kier molecular flexibility index (Phi) is 8.49. The lowest BCUT2D eigenvalue weighted by Gasteiger charge is -2.38. The van der Waals surface area contributed by atoms with Crippen molar-refractivity contribution in [3.8, 4) is 11.5 Å². The van der Waals surface area contributed by atoms with E-state index < -0.39 is 10.0 Å². The Bertz CT molecular complexity index is 1930. The molecule has 5 aromatic rings. The molecule has 4 aromatic carbocycles. The van der Waals surface area contributed by atoms with Crippen LogP contribution in [0, 0.1) is 5.92 Å². The van der Waals surface area contributed by atoms with Crippen LogP contribution >= 0.6 is 0 Å². The molecule has 1 amide bonds. The number of methoxy groups -OCH3 is 2. The number of hydrogen-bond donors (Lipinski definition) is 3. The lowest BCUT2D eigenvalue weighted by atomic mass is 9.98. The number of ether oxygens (including phenoxy) is 2. The number of nitrogens with zero attached hydrogens (tertiary/aromatic N) is 3. The van der Waals surface area contributed by atoms with E-state index in [0.29, 0.717) is 47.0 Å². The minimum absolute atomic E-state index is 0.00194. The lowest BCUT2D eigenvalue weighted by molar-refractivity contribution is -0.125. The SMILES string of the molecule is COc1cc(Nc2nc3ccccc3nc2NS(=O)(=O)c2cccc(NC(=O)C3CN(Cc4ccccc4)C3)c2)cc(OC)c1. The smallest absolute Gasteiger partial charge is 0.263 e. The summed E-state index contributed by atoms with van der Waals surface area (Å²) < 4.78 is 40.6. The first kappa shape index (κ1) is 29.9. The molecule has 1 aliphatic heterocycles. The first-order chi connectivity index (χ1) is 21.8. The van der Waals surface area contributed by atoms with Crippen molar-refractivity contribution >= 4 is 50.0 Å². The maximum atomic E-state index is 13.6. The third-order valence-electron chi connectivity index (χ3n) is 7.40. The van der Waals surface area contributed by atoms with Gasteiger partial charge in [-0.2, -0.15) is 0 Å². The molecule has 1 saturated heterocycles. The molecule has 230 valence electrons. The summed E-state index contributed by atoms with van der Waals surface area (Å²) in [6.07, 6.45) is 0. The number of hydrogen-bond acceptors (Lipinski definition) is 9. The highest BCUT2D eigenvalue weighted by Crippen LogP contribution is 2.32. The highest BCUT2D eigenvalue weighted by Gasteiger charge is 2.32. The van der Waals surface area contributed by atoms with Crippen molar-refractivity contribution < 1.29 is 22.7 Å². The van der Waals surface area contributed by atoms with E-state index >= 15 is 0 Å². The molecule has 12 heteroatoms. The first-order valence-electron chi connectivity index (χ1n) is 14.3. The molecule has 6 rings (SSSR count). The normalized spacial score (nSPS) is 13.6. The maximum absolute atomic E-state index is 13.6. The topological polar surface area (TPSA) is 135 Å². The zero-order chi connectivity index (χ0) is 31.4. The molecular formula is C33H32N6O5S. The molecule has 0 aliphatic carbocycles. The van der Waals surface area contributed by atoms with Crippen LogP contribution in [0.3, 0.4) is 0 Å². The molecule has 0 unspecified atom stereocenters. The molecular weight excluding hydrogens is 592 g/mol. The number of anilines is 4. The van der Waals surface area contributed by atoms with Crippen molar-refractivity contribution in [1.29, 1.82) is 0 Å². The number of carbonyl (C=O) groups excluding carboxylic acids is 1. The number of fused-ring (bicyclic) bond motifs is 1. The number of benzene rings is 4. The van der Waals surface area contributed by atoms with Gasteiger partial charge in [-0.1, -0.05) is 48.5 Å². The van der Waals surface area contributed by atoms with E-state index in [4.69, 9.17) is 9.47 Å². The van der Waals surface area contributed by atoms with E-state index in [9.17, 15) is 13.2 Å². The van der Waals surface area contributed by atoms with Crippen LogP contribution in [0.15, 0.2) is 102 Å². The zero-order valence-electron chi connectivity index (χ0n) is 24.7. The molecule has 1 aliphatic rings. The molecule has 0 bridgehead atoms. The summed E-state index contributed by atoms with van der Waals surface area (Å²) in [5.74, 6) is 0.932. The number of sulfonamides is 1.